The van der Waals surface area contributed by atoms with Crippen LogP contribution < -0.4 is 11.1 Å². The molecule has 0 radical (unpaired) electrons. The predicted molar refractivity (Wildman–Crippen MR) is 62.0 cm³/mol. The maximum absolute atomic E-state index is 13.0. The number of aromatic nitrogens is 1. The summed E-state index contributed by atoms with van der Waals surface area (Å²) in [5, 5.41) is 2.83. The largest absolute Gasteiger partial charge is 0.383 e. The van der Waals surface area contributed by atoms with E-state index < -0.39 is 5.82 Å². The summed E-state index contributed by atoms with van der Waals surface area (Å²) in [7, 11) is 1.99. The molecule has 1 aliphatic rings. The highest BCUT2D eigenvalue weighted by atomic mass is 19.1. The second-order valence-electron chi connectivity index (χ2n) is 4.31. The fraction of sp³-hybridized carbons (Fsp3) is 0.455. The summed E-state index contributed by atoms with van der Waals surface area (Å²) in [5.41, 5.74) is 5.64. The summed E-state index contributed by atoms with van der Waals surface area (Å²) >= 11 is 0. The molecule has 1 aliphatic heterocycles. The number of rotatable bonds is 2. The van der Waals surface area contributed by atoms with Gasteiger partial charge < -0.3 is 16.0 Å². The predicted octanol–water partition coefficient (Wildman–Crippen LogP) is 0.237. The van der Waals surface area contributed by atoms with Crippen LogP contribution in [0.5, 0.6) is 0 Å². The lowest BCUT2D eigenvalue weighted by molar-refractivity contribution is 0.0938. The molecular formula is C11H15FN4O. The van der Waals surface area contributed by atoms with Crippen LogP contribution in [0.3, 0.4) is 0 Å². The summed E-state index contributed by atoms with van der Waals surface area (Å²) in [6.07, 6.45) is 1.89. The average molecular weight is 238 g/mol. The van der Waals surface area contributed by atoms with Gasteiger partial charge in [0.15, 0.2) is 0 Å². The molecule has 17 heavy (non-hydrogen) atoms. The summed E-state index contributed by atoms with van der Waals surface area (Å²) < 4.78 is 13.0. The zero-order valence-electron chi connectivity index (χ0n) is 9.61. The monoisotopic (exact) mass is 238 g/mol. The van der Waals surface area contributed by atoms with E-state index in [1.807, 2.05) is 7.05 Å². The molecule has 0 bridgehead atoms. The first-order valence-corrected chi connectivity index (χ1v) is 5.46. The van der Waals surface area contributed by atoms with Gasteiger partial charge in [-0.3, -0.25) is 4.79 Å². The fourth-order valence-electron chi connectivity index (χ4n) is 1.95. The van der Waals surface area contributed by atoms with Crippen molar-refractivity contribution in [1.82, 2.24) is 15.2 Å². The van der Waals surface area contributed by atoms with E-state index in [9.17, 15) is 9.18 Å². The van der Waals surface area contributed by atoms with Crippen molar-refractivity contribution in [3.8, 4) is 0 Å². The van der Waals surface area contributed by atoms with Gasteiger partial charge >= 0.3 is 0 Å². The number of anilines is 1. The Morgan fingerprint density at radius 1 is 1.71 bits per heavy atom. The van der Waals surface area contributed by atoms with Crippen LogP contribution in [0.2, 0.25) is 0 Å². The number of carbonyl (C=O) groups excluding carboxylic acids is 1. The van der Waals surface area contributed by atoms with Crippen molar-refractivity contribution in [2.45, 2.75) is 12.5 Å². The van der Waals surface area contributed by atoms with Crippen molar-refractivity contribution in [3.05, 3.63) is 23.6 Å². The fourth-order valence-corrected chi connectivity index (χ4v) is 1.95. The van der Waals surface area contributed by atoms with E-state index in [2.05, 4.69) is 15.2 Å². The Morgan fingerprint density at radius 3 is 3.12 bits per heavy atom. The van der Waals surface area contributed by atoms with Crippen LogP contribution >= 0.6 is 0 Å². The molecular weight excluding hydrogens is 223 g/mol. The van der Waals surface area contributed by atoms with Gasteiger partial charge in [0.05, 0.1) is 11.8 Å². The number of carbonyl (C=O) groups is 1. The lowest BCUT2D eigenvalue weighted by Gasteiger charge is -2.13. The Kier molecular flexibility index (Phi) is 3.23. The van der Waals surface area contributed by atoms with Crippen molar-refractivity contribution in [3.63, 3.8) is 0 Å². The number of likely N-dealkylation sites (tertiary alicyclic amines) is 1. The molecule has 1 aromatic rings. The summed E-state index contributed by atoms with van der Waals surface area (Å²) in [4.78, 5) is 17.6. The number of nitrogens with two attached hydrogens (primary N) is 1. The van der Waals surface area contributed by atoms with Crippen LogP contribution in [0.15, 0.2) is 12.3 Å². The quantitative estimate of drug-likeness (QED) is 0.774. The molecule has 92 valence electrons. The molecule has 0 saturated carbocycles. The smallest absolute Gasteiger partial charge is 0.255 e. The Balaban J connectivity index is 2.06. The molecule has 1 atom stereocenters. The molecule has 2 rings (SSSR count). The van der Waals surface area contributed by atoms with Gasteiger partial charge in [-0.25, -0.2) is 9.37 Å². The number of hydrogen-bond donors (Lipinski definition) is 2. The summed E-state index contributed by atoms with van der Waals surface area (Å²) in [6, 6.07) is 1.20. The Labute approximate surface area is 98.8 Å². The zero-order valence-corrected chi connectivity index (χ0v) is 9.61. The third kappa shape index (κ3) is 2.71. The maximum Gasteiger partial charge on any atom is 0.255 e. The van der Waals surface area contributed by atoms with E-state index in [1.165, 1.54) is 0 Å². The molecule has 1 saturated heterocycles. The molecule has 0 aromatic carbocycles. The Bertz CT molecular complexity index is 437. The van der Waals surface area contributed by atoms with Crippen LogP contribution in [-0.2, 0) is 0 Å². The Morgan fingerprint density at radius 2 is 2.47 bits per heavy atom. The van der Waals surface area contributed by atoms with Crippen molar-refractivity contribution < 1.29 is 9.18 Å². The minimum absolute atomic E-state index is 0.0512. The van der Waals surface area contributed by atoms with Crippen molar-refractivity contribution >= 4 is 11.7 Å². The van der Waals surface area contributed by atoms with E-state index in [-0.39, 0.29) is 23.3 Å². The SMILES string of the molecule is CN1CCC(NC(=O)c2cc(F)cnc2N)C1. The van der Waals surface area contributed by atoms with Crippen molar-refractivity contribution in [2.75, 3.05) is 25.9 Å². The van der Waals surface area contributed by atoms with Gasteiger partial charge in [0.2, 0.25) is 0 Å². The van der Waals surface area contributed by atoms with Crippen LogP contribution in [0.4, 0.5) is 10.2 Å². The third-order valence-electron chi connectivity index (χ3n) is 2.86. The lowest BCUT2D eigenvalue weighted by Crippen LogP contribution is -2.37. The summed E-state index contributed by atoms with van der Waals surface area (Å²) in [6.45, 7) is 1.75. The first kappa shape index (κ1) is 11.8. The van der Waals surface area contributed by atoms with Gasteiger partial charge in [0.25, 0.3) is 5.91 Å². The molecule has 6 heteroatoms. The highest BCUT2D eigenvalue weighted by molar-refractivity contribution is 5.98. The highest BCUT2D eigenvalue weighted by Crippen LogP contribution is 2.12. The minimum atomic E-state index is -0.562. The van der Waals surface area contributed by atoms with Gasteiger partial charge in [-0.2, -0.15) is 0 Å². The Hall–Kier alpha value is -1.69. The zero-order chi connectivity index (χ0) is 12.4. The maximum atomic E-state index is 13.0. The van der Waals surface area contributed by atoms with Gasteiger partial charge in [-0.15, -0.1) is 0 Å². The van der Waals surface area contributed by atoms with E-state index in [0.717, 1.165) is 31.8 Å². The number of halogens is 1. The first-order valence-electron chi connectivity index (χ1n) is 5.46. The molecule has 3 N–H and O–H groups in total. The molecule has 1 fully saturated rings. The number of pyridine rings is 1. The average Bonchev–Trinajstić information content (AvgIpc) is 2.67. The number of amides is 1. The molecule has 1 amide bonds. The molecule has 0 spiro atoms. The van der Waals surface area contributed by atoms with Gasteiger partial charge in [0.1, 0.15) is 11.6 Å². The molecule has 1 aromatic heterocycles. The number of nitrogens with one attached hydrogen (secondary N) is 1. The number of nitrogen functional groups attached to an aromatic ring is 1. The molecule has 2 heterocycles. The highest BCUT2D eigenvalue weighted by Gasteiger charge is 2.22. The van der Waals surface area contributed by atoms with Crippen molar-refractivity contribution in [2.24, 2.45) is 0 Å². The molecule has 0 aliphatic carbocycles. The van der Waals surface area contributed by atoms with Gasteiger partial charge in [0, 0.05) is 12.6 Å². The molecule has 1 unspecified atom stereocenters. The van der Waals surface area contributed by atoms with E-state index >= 15 is 0 Å². The topological polar surface area (TPSA) is 71.2 Å². The molecule has 5 nitrogen and oxygen atoms in total. The van der Waals surface area contributed by atoms with E-state index in [1.54, 1.807) is 0 Å². The second-order valence-corrected chi connectivity index (χ2v) is 4.31. The third-order valence-corrected chi connectivity index (χ3v) is 2.86. The standard InChI is InChI=1S/C11H15FN4O/c1-16-3-2-8(6-16)15-11(17)9-4-7(12)5-14-10(9)13/h4-5,8H,2-3,6H2,1H3,(H2,13,14)(H,15,17). The van der Waals surface area contributed by atoms with Gasteiger partial charge in [-0.05, 0) is 26.1 Å². The summed E-state index contributed by atoms with van der Waals surface area (Å²) in [5.74, 6) is -0.877. The minimum Gasteiger partial charge on any atom is -0.383 e. The first-order chi connectivity index (χ1) is 8.06. The van der Waals surface area contributed by atoms with E-state index in [4.69, 9.17) is 5.73 Å². The van der Waals surface area contributed by atoms with Gasteiger partial charge in [-0.1, -0.05) is 0 Å². The number of hydrogen-bond acceptors (Lipinski definition) is 4. The number of nitrogens with zero attached hydrogens (tertiary/aromatic N) is 2. The van der Waals surface area contributed by atoms with Crippen molar-refractivity contribution in [1.29, 1.82) is 0 Å². The van der Waals surface area contributed by atoms with Crippen LogP contribution in [0.25, 0.3) is 0 Å². The second kappa shape index (κ2) is 4.67. The van der Waals surface area contributed by atoms with Crippen LogP contribution in [-0.4, -0.2) is 42.0 Å². The van der Waals surface area contributed by atoms with Crippen LogP contribution in [0, 0.1) is 5.82 Å². The van der Waals surface area contributed by atoms with Crippen LogP contribution in [0.1, 0.15) is 16.8 Å². The normalized spacial score (nSPS) is 20.5. The number of likely N-dealkylation sites (N-methyl/N-ethyl adjacent to an activating group) is 1. The van der Waals surface area contributed by atoms with E-state index in [0.29, 0.717) is 0 Å². The lowest BCUT2D eigenvalue weighted by atomic mass is 10.2.